The van der Waals surface area contributed by atoms with E-state index in [9.17, 15) is 0 Å². The predicted molar refractivity (Wildman–Crippen MR) is 85.3 cm³/mol. The molecule has 0 saturated heterocycles. The number of anilines is 2. The van der Waals surface area contributed by atoms with Gasteiger partial charge >= 0.3 is 0 Å². The van der Waals surface area contributed by atoms with E-state index >= 15 is 0 Å². The first-order chi connectivity index (χ1) is 9.59. The van der Waals surface area contributed by atoms with Crippen LogP contribution in [0.15, 0.2) is 42.6 Å². The van der Waals surface area contributed by atoms with E-state index in [1.165, 1.54) is 22.8 Å². The third-order valence-corrected chi connectivity index (χ3v) is 4.74. The number of rotatable bonds is 2. The summed E-state index contributed by atoms with van der Waals surface area (Å²) in [5.74, 6) is 1.17. The van der Waals surface area contributed by atoms with Gasteiger partial charge < -0.3 is 0 Å². The Hall–Kier alpha value is -1.87. The third-order valence-electron chi connectivity index (χ3n) is 4.74. The summed E-state index contributed by atoms with van der Waals surface area (Å²) in [5, 5.41) is 0. The molecular formula is C17H22N3+. The first-order valence-corrected chi connectivity index (χ1v) is 7.25. The van der Waals surface area contributed by atoms with Crippen LogP contribution in [0.1, 0.15) is 19.4 Å². The number of aromatic nitrogens is 1. The Morgan fingerprint density at radius 1 is 1.15 bits per heavy atom. The van der Waals surface area contributed by atoms with Gasteiger partial charge in [-0.05, 0) is 37.6 Å². The number of fused-ring (bicyclic) bond motifs is 1. The van der Waals surface area contributed by atoms with Gasteiger partial charge in [-0.3, -0.25) is 9.38 Å². The first kappa shape index (κ1) is 13.1. The fourth-order valence-corrected chi connectivity index (χ4v) is 3.18. The Bertz CT molecular complexity index is 638. The maximum absolute atomic E-state index is 4.67. The summed E-state index contributed by atoms with van der Waals surface area (Å²) in [4.78, 5) is 7.10. The zero-order valence-corrected chi connectivity index (χ0v) is 12.7. The molecule has 0 aliphatic carbocycles. The van der Waals surface area contributed by atoms with Crippen LogP contribution in [0.2, 0.25) is 0 Å². The van der Waals surface area contributed by atoms with Crippen molar-refractivity contribution in [2.75, 3.05) is 18.5 Å². The Morgan fingerprint density at radius 2 is 1.85 bits per heavy atom. The lowest BCUT2D eigenvalue weighted by atomic mass is 10.1. The summed E-state index contributed by atoms with van der Waals surface area (Å²) in [7, 11) is 2.27. The zero-order chi connectivity index (χ0) is 14.3. The Balaban J connectivity index is 2.21. The van der Waals surface area contributed by atoms with Crippen molar-refractivity contribution in [3.05, 3.63) is 48.2 Å². The van der Waals surface area contributed by atoms with Crippen molar-refractivity contribution in [2.45, 2.75) is 26.9 Å². The smallest absolute Gasteiger partial charge is 0.253 e. The SMILES string of the molecule is CC[N+]1(C)c2ncccc2N(c2ccccc2C)[C@H]1C. The molecule has 2 aromatic rings. The van der Waals surface area contributed by atoms with Crippen molar-refractivity contribution < 1.29 is 0 Å². The van der Waals surface area contributed by atoms with Crippen molar-refractivity contribution in [3.63, 3.8) is 0 Å². The van der Waals surface area contributed by atoms with E-state index in [0.29, 0.717) is 6.17 Å². The maximum atomic E-state index is 4.67. The van der Waals surface area contributed by atoms with Crippen LogP contribution >= 0.6 is 0 Å². The normalized spacial score (nSPS) is 24.8. The molecule has 1 aliphatic heterocycles. The minimum absolute atomic E-state index is 0.353. The van der Waals surface area contributed by atoms with E-state index < -0.39 is 0 Å². The maximum Gasteiger partial charge on any atom is 0.253 e. The number of nitrogens with zero attached hydrogens (tertiary/aromatic N) is 3. The van der Waals surface area contributed by atoms with Crippen molar-refractivity contribution in [1.82, 2.24) is 9.47 Å². The number of pyridine rings is 1. The highest BCUT2D eigenvalue weighted by atomic mass is 15.5. The van der Waals surface area contributed by atoms with E-state index in [4.69, 9.17) is 0 Å². The third kappa shape index (κ3) is 1.66. The molecule has 1 aromatic heterocycles. The summed E-state index contributed by atoms with van der Waals surface area (Å²) in [6, 6.07) is 12.8. The van der Waals surface area contributed by atoms with Crippen LogP contribution < -0.4 is 9.38 Å². The van der Waals surface area contributed by atoms with E-state index in [1.54, 1.807) is 0 Å². The van der Waals surface area contributed by atoms with Gasteiger partial charge in [-0.15, -0.1) is 0 Å². The number of benzene rings is 1. The molecule has 0 spiro atoms. The van der Waals surface area contributed by atoms with E-state index in [0.717, 1.165) is 11.0 Å². The molecule has 3 heteroatoms. The second kappa shape index (κ2) is 4.60. The van der Waals surface area contributed by atoms with Crippen molar-refractivity contribution in [2.24, 2.45) is 0 Å². The monoisotopic (exact) mass is 268 g/mol. The summed E-state index contributed by atoms with van der Waals surface area (Å²) in [6.45, 7) is 7.73. The van der Waals surface area contributed by atoms with Gasteiger partial charge in [0.15, 0.2) is 6.17 Å². The molecule has 20 heavy (non-hydrogen) atoms. The van der Waals surface area contributed by atoms with E-state index in [-0.39, 0.29) is 0 Å². The van der Waals surface area contributed by atoms with Crippen molar-refractivity contribution >= 4 is 17.2 Å². The molecule has 3 nitrogen and oxygen atoms in total. The van der Waals surface area contributed by atoms with Gasteiger partial charge in [0.1, 0.15) is 5.69 Å². The van der Waals surface area contributed by atoms with Crippen LogP contribution in [0.3, 0.4) is 0 Å². The number of hydrogen-bond acceptors (Lipinski definition) is 2. The van der Waals surface area contributed by atoms with Gasteiger partial charge in [0, 0.05) is 18.8 Å². The lowest BCUT2D eigenvalue weighted by Crippen LogP contribution is -2.54. The minimum Gasteiger partial charge on any atom is -0.284 e. The average Bonchev–Trinajstić information content (AvgIpc) is 2.70. The van der Waals surface area contributed by atoms with Gasteiger partial charge in [0.05, 0.1) is 13.6 Å². The second-order valence-corrected chi connectivity index (χ2v) is 5.72. The molecule has 0 bridgehead atoms. The van der Waals surface area contributed by atoms with Gasteiger partial charge in [0.25, 0.3) is 5.82 Å². The number of quaternary nitrogens is 1. The molecule has 1 unspecified atom stereocenters. The molecule has 1 aromatic carbocycles. The highest BCUT2D eigenvalue weighted by molar-refractivity contribution is 5.79. The van der Waals surface area contributed by atoms with E-state index in [2.05, 4.69) is 68.0 Å². The Kier molecular flexibility index (Phi) is 3.02. The molecule has 0 N–H and O–H groups in total. The molecule has 0 radical (unpaired) electrons. The van der Waals surface area contributed by atoms with Gasteiger partial charge in [-0.1, -0.05) is 18.2 Å². The first-order valence-electron chi connectivity index (χ1n) is 7.25. The van der Waals surface area contributed by atoms with Crippen molar-refractivity contribution in [1.29, 1.82) is 0 Å². The lowest BCUT2D eigenvalue weighted by Gasteiger charge is -2.35. The van der Waals surface area contributed by atoms with Crippen LogP contribution in [0, 0.1) is 6.92 Å². The Morgan fingerprint density at radius 3 is 2.55 bits per heavy atom. The molecule has 2 heterocycles. The van der Waals surface area contributed by atoms with Crippen LogP contribution in [-0.2, 0) is 0 Å². The highest BCUT2D eigenvalue weighted by Gasteiger charge is 2.46. The quantitative estimate of drug-likeness (QED) is 0.769. The summed E-state index contributed by atoms with van der Waals surface area (Å²) in [6.07, 6.45) is 2.25. The molecule has 104 valence electrons. The lowest BCUT2D eigenvalue weighted by molar-refractivity contribution is 0.289. The summed E-state index contributed by atoms with van der Waals surface area (Å²) >= 11 is 0. The molecule has 0 saturated carbocycles. The molecule has 3 rings (SSSR count). The summed E-state index contributed by atoms with van der Waals surface area (Å²) < 4.78 is 0.852. The van der Waals surface area contributed by atoms with Gasteiger partial charge in [0.2, 0.25) is 0 Å². The van der Waals surface area contributed by atoms with E-state index in [1.807, 2.05) is 12.3 Å². The number of para-hydroxylation sites is 1. The Labute approximate surface area is 121 Å². The van der Waals surface area contributed by atoms with Crippen LogP contribution in [0.4, 0.5) is 17.2 Å². The standard InChI is InChI=1S/C17H22N3/c1-5-20(4)14(3)19(15-10-7-6-9-13(15)2)16-11-8-12-18-17(16)20/h6-12,14H,5H2,1-4H3/q+1/t14-,20?/m1/s1. The van der Waals surface area contributed by atoms with Gasteiger partial charge in [-0.2, -0.15) is 0 Å². The minimum atomic E-state index is 0.353. The molecule has 1 aliphatic rings. The highest BCUT2D eigenvalue weighted by Crippen LogP contribution is 2.46. The van der Waals surface area contributed by atoms with Crippen LogP contribution in [0.5, 0.6) is 0 Å². The topological polar surface area (TPSA) is 16.1 Å². The molecule has 0 fully saturated rings. The number of aryl methyl sites for hydroxylation is 1. The second-order valence-electron chi connectivity index (χ2n) is 5.72. The van der Waals surface area contributed by atoms with Crippen molar-refractivity contribution in [3.8, 4) is 0 Å². The summed E-state index contributed by atoms with van der Waals surface area (Å²) in [5.41, 5.74) is 3.82. The van der Waals surface area contributed by atoms with Gasteiger partial charge in [-0.25, -0.2) is 4.98 Å². The zero-order valence-electron chi connectivity index (χ0n) is 12.7. The molecule has 0 amide bonds. The predicted octanol–water partition coefficient (Wildman–Crippen LogP) is 3.84. The largest absolute Gasteiger partial charge is 0.284 e. The average molecular weight is 268 g/mol. The number of hydrogen-bond donors (Lipinski definition) is 0. The molecule has 2 atom stereocenters. The van der Waals surface area contributed by atoms with Crippen LogP contribution in [-0.4, -0.2) is 24.7 Å². The fourth-order valence-electron chi connectivity index (χ4n) is 3.18. The molecular weight excluding hydrogens is 246 g/mol. The van der Waals surface area contributed by atoms with Crippen LogP contribution in [0.25, 0.3) is 0 Å². The fraction of sp³-hybridized carbons (Fsp3) is 0.353.